The van der Waals surface area contributed by atoms with E-state index in [1.807, 2.05) is 12.1 Å². The molecule has 0 aromatic heterocycles. The van der Waals surface area contributed by atoms with Crippen LogP contribution in [-0.2, 0) is 41.0 Å². The molecule has 0 spiro atoms. The molecule has 0 unspecified atom stereocenters. The lowest BCUT2D eigenvalue weighted by Crippen LogP contribution is -2.72. The highest BCUT2D eigenvalue weighted by Crippen LogP contribution is 2.59. The van der Waals surface area contributed by atoms with E-state index in [2.05, 4.69) is 90.1 Å². The first kappa shape index (κ1) is 32.0. The van der Waals surface area contributed by atoms with Crippen LogP contribution in [0.3, 0.4) is 0 Å². The molecule has 2 heterocycles. The number of hydrogen-bond acceptors (Lipinski definition) is 6. The van der Waals surface area contributed by atoms with Crippen molar-refractivity contribution >= 4 is 8.56 Å². The molecule has 8 rings (SSSR count). The SMILES string of the molecule is CC(C)(C)[Si]1(C(C)(C)C)OC[C@H]2O[C@@H](OC34CC5CC(CC(C5)C3)C4)[C@@H](OCc3ccccc3)[C@@H](OCc3ccccc3)[C@@H]2O1. The van der Waals surface area contributed by atoms with Gasteiger partial charge in [0.1, 0.15) is 24.4 Å². The van der Waals surface area contributed by atoms with Crippen molar-refractivity contribution in [2.45, 2.75) is 140 Å². The summed E-state index contributed by atoms with van der Waals surface area (Å²) in [5, 5.41) is -0.319. The molecular weight excluding hydrogens is 580 g/mol. The summed E-state index contributed by atoms with van der Waals surface area (Å²) < 4.78 is 42.4. The minimum absolute atomic E-state index is 0.143. The second-order valence-electron chi connectivity index (χ2n) is 16.8. The zero-order valence-corrected chi connectivity index (χ0v) is 29.2. The average Bonchev–Trinajstić information content (AvgIpc) is 2.98. The summed E-state index contributed by atoms with van der Waals surface area (Å²) in [6, 6.07) is 20.8. The van der Waals surface area contributed by atoms with E-state index in [1.54, 1.807) is 0 Å². The topological polar surface area (TPSA) is 55.4 Å². The van der Waals surface area contributed by atoms with Crippen LogP contribution < -0.4 is 0 Å². The number of fused-ring (bicyclic) bond motifs is 1. The van der Waals surface area contributed by atoms with Crippen molar-refractivity contribution in [3.05, 3.63) is 71.8 Å². The monoisotopic (exact) mass is 634 g/mol. The van der Waals surface area contributed by atoms with Gasteiger partial charge in [-0.1, -0.05) is 102 Å². The Morgan fingerprint density at radius 3 is 1.69 bits per heavy atom. The molecule has 0 N–H and O–H groups in total. The van der Waals surface area contributed by atoms with E-state index < -0.39 is 21.0 Å². The molecule has 0 amide bonds. The number of benzene rings is 2. The Kier molecular flexibility index (Phi) is 8.63. The molecule has 7 heteroatoms. The highest BCUT2D eigenvalue weighted by Gasteiger charge is 2.66. The summed E-state index contributed by atoms with van der Waals surface area (Å²) in [4.78, 5) is 0. The van der Waals surface area contributed by atoms with Crippen molar-refractivity contribution in [1.29, 1.82) is 0 Å². The van der Waals surface area contributed by atoms with Crippen molar-refractivity contribution in [3.63, 3.8) is 0 Å². The summed E-state index contributed by atoms with van der Waals surface area (Å²) in [7, 11) is -2.81. The molecule has 2 aromatic rings. The molecule has 45 heavy (non-hydrogen) atoms. The van der Waals surface area contributed by atoms with Crippen molar-refractivity contribution in [1.82, 2.24) is 0 Å². The van der Waals surface area contributed by atoms with Crippen LogP contribution in [0.4, 0.5) is 0 Å². The summed E-state index contributed by atoms with van der Waals surface area (Å²) >= 11 is 0. The maximum Gasteiger partial charge on any atom is 0.349 e. The highest BCUT2D eigenvalue weighted by molar-refractivity contribution is 6.73. The largest absolute Gasteiger partial charge is 0.391 e. The lowest BCUT2D eigenvalue weighted by Gasteiger charge is -2.60. The van der Waals surface area contributed by atoms with E-state index >= 15 is 0 Å². The third kappa shape index (κ3) is 6.24. The molecule has 6 nitrogen and oxygen atoms in total. The maximum absolute atomic E-state index is 7.36. The maximum atomic E-state index is 7.36. The lowest BCUT2D eigenvalue weighted by molar-refractivity contribution is -0.358. The van der Waals surface area contributed by atoms with Gasteiger partial charge in [-0.05, 0) is 67.4 Å². The quantitative estimate of drug-likeness (QED) is 0.272. The van der Waals surface area contributed by atoms with Gasteiger partial charge in [-0.15, -0.1) is 0 Å². The van der Waals surface area contributed by atoms with Crippen molar-refractivity contribution in [2.24, 2.45) is 17.8 Å². The minimum Gasteiger partial charge on any atom is -0.391 e. The van der Waals surface area contributed by atoms with Gasteiger partial charge in [-0.3, -0.25) is 0 Å². The van der Waals surface area contributed by atoms with Gasteiger partial charge in [-0.2, -0.15) is 0 Å². The van der Waals surface area contributed by atoms with Gasteiger partial charge in [0.15, 0.2) is 6.29 Å². The number of ether oxygens (including phenoxy) is 4. The standard InChI is InChI=1S/C38H54O6Si/c1-36(2,3)45(37(4,5)6)41-25-31-32(44-45)33(39-23-26-13-9-7-10-14-26)34(40-24-27-15-11-8-12-16-27)35(42-31)43-38-20-28-17-29(21-38)19-30(18-28)22-38/h7-16,28-35H,17-25H2,1-6H3/t28?,29?,30?,31-,32-,33+,34+,35+,38?/m1/s1. The van der Waals surface area contributed by atoms with Crippen LogP contribution in [0.2, 0.25) is 10.1 Å². The molecule has 2 saturated heterocycles. The smallest absolute Gasteiger partial charge is 0.349 e. The Hall–Kier alpha value is -1.58. The van der Waals surface area contributed by atoms with E-state index in [9.17, 15) is 0 Å². The fraction of sp³-hybridized carbons (Fsp3) is 0.684. The molecule has 4 saturated carbocycles. The van der Waals surface area contributed by atoms with E-state index in [4.69, 9.17) is 27.8 Å². The highest BCUT2D eigenvalue weighted by atomic mass is 28.4. The minimum atomic E-state index is -2.81. The summed E-state index contributed by atoms with van der Waals surface area (Å²) in [5.74, 6) is 2.31. The van der Waals surface area contributed by atoms with Crippen molar-refractivity contribution < 1.29 is 27.8 Å². The van der Waals surface area contributed by atoms with Crippen LogP contribution >= 0.6 is 0 Å². The lowest BCUT2D eigenvalue weighted by atomic mass is 9.54. The van der Waals surface area contributed by atoms with Gasteiger partial charge >= 0.3 is 8.56 Å². The Morgan fingerprint density at radius 1 is 0.711 bits per heavy atom. The van der Waals surface area contributed by atoms with Crippen LogP contribution in [0.25, 0.3) is 0 Å². The molecule has 6 fully saturated rings. The molecule has 6 aliphatic rings. The van der Waals surface area contributed by atoms with E-state index in [0.717, 1.165) is 48.1 Å². The van der Waals surface area contributed by atoms with Gasteiger partial charge in [-0.25, -0.2) is 0 Å². The van der Waals surface area contributed by atoms with Crippen LogP contribution in [-0.4, -0.2) is 51.5 Å². The Morgan fingerprint density at radius 2 is 1.20 bits per heavy atom. The molecule has 2 aliphatic heterocycles. The van der Waals surface area contributed by atoms with Crippen LogP contribution in [0, 0.1) is 17.8 Å². The second-order valence-corrected chi connectivity index (χ2v) is 21.6. The molecular formula is C38H54O6Si. The molecule has 246 valence electrons. The average molecular weight is 635 g/mol. The first-order valence-corrected chi connectivity index (χ1v) is 19.2. The van der Waals surface area contributed by atoms with Crippen LogP contribution in [0.1, 0.15) is 91.2 Å². The van der Waals surface area contributed by atoms with Crippen molar-refractivity contribution in [2.75, 3.05) is 6.61 Å². The second kappa shape index (κ2) is 12.1. The fourth-order valence-corrected chi connectivity index (χ4v) is 14.9. The molecule has 4 aliphatic carbocycles. The fourth-order valence-electron chi connectivity index (χ4n) is 9.91. The first-order valence-electron chi connectivity index (χ1n) is 17.4. The van der Waals surface area contributed by atoms with E-state index in [-0.39, 0.29) is 34.0 Å². The van der Waals surface area contributed by atoms with Gasteiger partial charge < -0.3 is 27.8 Å². The molecule has 2 aromatic carbocycles. The predicted molar refractivity (Wildman–Crippen MR) is 177 cm³/mol. The third-order valence-electron chi connectivity index (χ3n) is 11.2. The summed E-state index contributed by atoms with van der Waals surface area (Å²) in [6.45, 7) is 15.0. The van der Waals surface area contributed by atoms with E-state index in [1.165, 1.54) is 19.3 Å². The molecule has 5 atom stereocenters. The van der Waals surface area contributed by atoms with E-state index in [0.29, 0.717) is 19.8 Å². The van der Waals surface area contributed by atoms with Gasteiger partial charge in [0.2, 0.25) is 0 Å². The third-order valence-corrected chi connectivity index (χ3v) is 16.4. The zero-order valence-electron chi connectivity index (χ0n) is 28.2. The summed E-state index contributed by atoms with van der Waals surface area (Å²) in [5.41, 5.74) is 2.11. The summed E-state index contributed by atoms with van der Waals surface area (Å²) in [6.07, 6.45) is 5.46. The Balaban J connectivity index is 1.24. The normalized spacial score (nSPS) is 37.4. The zero-order chi connectivity index (χ0) is 31.5. The van der Waals surface area contributed by atoms with Crippen LogP contribution in [0.5, 0.6) is 0 Å². The Labute approximate surface area is 271 Å². The number of hydrogen-bond donors (Lipinski definition) is 0. The van der Waals surface area contributed by atoms with Gasteiger partial charge in [0, 0.05) is 10.1 Å². The van der Waals surface area contributed by atoms with Crippen LogP contribution in [0.15, 0.2) is 60.7 Å². The van der Waals surface area contributed by atoms with Crippen molar-refractivity contribution in [3.8, 4) is 0 Å². The van der Waals surface area contributed by atoms with Gasteiger partial charge in [0.25, 0.3) is 0 Å². The number of rotatable bonds is 8. The first-order chi connectivity index (χ1) is 21.4. The molecule has 0 radical (unpaired) electrons. The Bertz CT molecular complexity index is 1240. The predicted octanol–water partition coefficient (Wildman–Crippen LogP) is 8.33. The van der Waals surface area contributed by atoms with Gasteiger partial charge in [0.05, 0.1) is 25.4 Å². The molecule has 4 bridgehead atoms.